The Hall–Kier alpha value is -1.32. The zero-order valence-corrected chi connectivity index (χ0v) is 14.0. The topological polar surface area (TPSA) is 29.3 Å². The molecule has 0 unspecified atom stereocenters. The molecule has 0 saturated carbocycles. The van der Waals surface area contributed by atoms with E-state index in [9.17, 15) is 0 Å². The summed E-state index contributed by atoms with van der Waals surface area (Å²) in [6.07, 6.45) is 2.16. The molecule has 3 heteroatoms. The molecule has 2 nitrogen and oxygen atoms in total. The van der Waals surface area contributed by atoms with E-state index in [-0.39, 0.29) is 0 Å². The largest absolute Gasteiger partial charge is 0.398 e. The lowest BCUT2D eigenvalue weighted by Gasteiger charge is -2.31. The van der Waals surface area contributed by atoms with E-state index in [1.54, 1.807) is 0 Å². The van der Waals surface area contributed by atoms with Crippen molar-refractivity contribution in [2.45, 2.75) is 26.3 Å². The number of nitrogen functional groups attached to an aromatic ring is 1. The normalized spacial score (nSPS) is 15.0. The first-order chi connectivity index (χ1) is 10.1. The SMILES string of the molecule is Cc1cc(Br)c2c(c1N)CCN(CCc1ccccc1)C2. The smallest absolute Gasteiger partial charge is 0.0380 e. The van der Waals surface area contributed by atoms with Crippen LogP contribution in [0.1, 0.15) is 22.3 Å². The van der Waals surface area contributed by atoms with Gasteiger partial charge in [-0.2, -0.15) is 0 Å². The van der Waals surface area contributed by atoms with Crippen LogP contribution >= 0.6 is 15.9 Å². The van der Waals surface area contributed by atoms with E-state index in [1.807, 2.05) is 0 Å². The summed E-state index contributed by atoms with van der Waals surface area (Å²) >= 11 is 3.71. The summed E-state index contributed by atoms with van der Waals surface area (Å²) < 4.78 is 1.20. The summed E-state index contributed by atoms with van der Waals surface area (Å²) in [5.74, 6) is 0. The van der Waals surface area contributed by atoms with Gasteiger partial charge >= 0.3 is 0 Å². The van der Waals surface area contributed by atoms with Crippen LogP contribution in [-0.2, 0) is 19.4 Å². The molecule has 0 atom stereocenters. The highest BCUT2D eigenvalue weighted by atomic mass is 79.9. The van der Waals surface area contributed by atoms with E-state index < -0.39 is 0 Å². The molecule has 2 N–H and O–H groups in total. The number of aryl methyl sites for hydroxylation is 1. The summed E-state index contributed by atoms with van der Waals surface area (Å²) in [7, 11) is 0. The molecule has 1 heterocycles. The molecule has 21 heavy (non-hydrogen) atoms. The molecule has 2 aromatic carbocycles. The van der Waals surface area contributed by atoms with Crippen molar-refractivity contribution >= 4 is 21.6 Å². The standard InChI is InChI=1S/C18H21BrN2/c1-13-11-17(19)16-12-21(10-8-15(16)18(13)20)9-7-14-5-3-2-4-6-14/h2-6,11H,7-10,12,20H2,1H3. The van der Waals surface area contributed by atoms with Crippen LogP contribution in [0, 0.1) is 6.92 Å². The number of benzene rings is 2. The van der Waals surface area contributed by atoms with Crippen LogP contribution in [-0.4, -0.2) is 18.0 Å². The van der Waals surface area contributed by atoms with Crippen LogP contribution in [0.3, 0.4) is 0 Å². The first kappa shape index (κ1) is 14.6. The van der Waals surface area contributed by atoms with Gasteiger partial charge in [0.2, 0.25) is 0 Å². The Morgan fingerprint density at radius 1 is 1.19 bits per heavy atom. The molecular formula is C18H21BrN2. The number of hydrogen-bond acceptors (Lipinski definition) is 2. The van der Waals surface area contributed by atoms with Crippen LogP contribution in [0.4, 0.5) is 5.69 Å². The van der Waals surface area contributed by atoms with Crippen molar-refractivity contribution in [3.63, 3.8) is 0 Å². The first-order valence-electron chi connectivity index (χ1n) is 7.48. The summed E-state index contributed by atoms with van der Waals surface area (Å²) in [6.45, 7) is 5.28. The number of anilines is 1. The van der Waals surface area contributed by atoms with Gasteiger partial charge < -0.3 is 5.73 Å². The van der Waals surface area contributed by atoms with Crippen LogP contribution in [0.15, 0.2) is 40.9 Å². The van der Waals surface area contributed by atoms with E-state index in [0.29, 0.717) is 0 Å². The van der Waals surface area contributed by atoms with Crippen molar-refractivity contribution in [2.75, 3.05) is 18.8 Å². The lowest BCUT2D eigenvalue weighted by molar-refractivity contribution is 0.257. The predicted octanol–water partition coefficient (Wildman–Crippen LogP) is 3.94. The van der Waals surface area contributed by atoms with Crippen molar-refractivity contribution < 1.29 is 0 Å². The second-order valence-electron chi connectivity index (χ2n) is 5.81. The minimum atomic E-state index is 0.982. The number of nitrogens with zero attached hydrogens (tertiary/aromatic N) is 1. The number of fused-ring (bicyclic) bond motifs is 1. The first-order valence-corrected chi connectivity index (χ1v) is 8.27. The molecular weight excluding hydrogens is 324 g/mol. The van der Waals surface area contributed by atoms with Crippen LogP contribution in [0.2, 0.25) is 0 Å². The van der Waals surface area contributed by atoms with E-state index in [2.05, 4.69) is 64.2 Å². The molecule has 1 aliphatic heterocycles. The Labute approximate surface area is 135 Å². The highest BCUT2D eigenvalue weighted by molar-refractivity contribution is 9.10. The molecule has 0 aromatic heterocycles. The summed E-state index contributed by atoms with van der Waals surface area (Å²) in [6, 6.07) is 12.9. The fourth-order valence-corrected chi connectivity index (χ4v) is 3.76. The minimum absolute atomic E-state index is 0.982. The van der Waals surface area contributed by atoms with Gasteiger partial charge in [0.25, 0.3) is 0 Å². The van der Waals surface area contributed by atoms with Gasteiger partial charge in [-0.15, -0.1) is 0 Å². The zero-order valence-electron chi connectivity index (χ0n) is 12.4. The minimum Gasteiger partial charge on any atom is -0.398 e. The predicted molar refractivity (Wildman–Crippen MR) is 92.4 cm³/mol. The molecule has 2 aromatic rings. The second-order valence-corrected chi connectivity index (χ2v) is 6.66. The molecule has 0 fully saturated rings. The lowest BCUT2D eigenvalue weighted by Crippen LogP contribution is -2.33. The average molecular weight is 345 g/mol. The Morgan fingerprint density at radius 3 is 2.71 bits per heavy atom. The molecule has 0 saturated heterocycles. The average Bonchev–Trinajstić information content (AvgIpc) is 2.51. The molecule has 0 bridgehead atoms. The highest BCUT2D eigenvalue weighted by Gasteiger charge is 2.21. The third-order valence-electron chi connectivity index (χ3n) is 4.37. The molecule has 0 aliphatic carbocycles. The molecule has 0 amide bonds. The third-order valence-corrected chi connectivity index (χ3v) is 5.07. The van der Waals surface area contributed by atoms with Gasteiger partial charge in [-0.05, 0) is 48.1 Å². The number of halogens is 1. The highest BCUT2D eigenvalue weighted by Crippen LogP contribution is 2.33. The number of hydrogen-bond donors (Lipinski definition) is 1. The van der Waals surface area contributed by atoms with E-state index in [0.717, 1.165) is 38.2 Å². The van der Waals surface area contributed by atoms with Gasteiger partial charge in [-0.25, -0.2) is 0 Å². The maximum Gasteiger partial charge on any atom is 0.0380 e. The Morgan fingerprint density at radius 2 is 1.95 bits per heavy atom. The van der Waals surface area contributed by atoms with Crippen molar-refractivity contribution in [3.05, 3.63) is 63.1 Å². The van der Waals surface area contributed by atoms with Gasteiger partial charge in [0, 0.05) is 29.8 Å². The van der Waals surface area contributed by atoms with Gasteiger partial charge in [0.15, 0.2) is 0 Å². The van der Waals surface area contributed by atoms with Crippen molar-refractivity contribution in [2.24, 2.45) is 0 Å². The molecule has 1 aliphatic rings. The van der Waals surface area contributed by atoms with Crippen LogP contribution < -0.4 is 5.73 Å². The monoisotopic (exact) mass is 344 g/mol. The summed E-state index contributed by atoms with van der Waals surface area (Å²) in [4.78, 5) is 2.52. The molecule has 0 radical (unpaired) electrons. The van der Waals surface area contributed by atoms with Gasteiger partial charge in [-0.3, -0.25) is 4.90 Å². The quantitative estimate of drug-likeness (QED) is 0.854. The Bertz CT molecular complexity index is 637. The zero-order chi connectivity index (χ0) is 14.8. The van der Waals surface area contributed by atoms with Crippen LogP contribution in [0.5, 0.6) is 0 Å². The number of nitrogens with two attached hydrogens (primary N) is 1. The molecule has 0 spiro atoms. The van der Waals surface area contributed by atoms with Gasteiger partial charge in [-0.1, -0.05) is 46.3 Å². The van der Waals surface area contributed by atoms with Gasteiger partial charge in [0.1, 0.15) is 0 Å². The molecule has 3 rings (SSSR count). The Kier molecular flexibility index (Phi) is 4.32. The Balaban J connectivity index is 1.72. The van der Waals surface area contributed by atoms with Crippen molar-refractivity contribution in [1.29, 1.82) is 0 Å². The summed E-state index contributed by atoms with van der Waals surface area (Å²) in [5.41, 5.74) is 12.5. The summed E-state index contributed by atoms with van der Waals surface area (Å²) in [5, 5.41) is 0. The lowest BCUT2D eigenvalue weighted by atomic mass is 9.95. The van der Waals surface area contributed by atoms with Crippen molar-refractivity contribution in [3.8, 4) is 0 Å². The third kappa shape index (κ3) is 3.14. The second kappa shape index (κ2) is 6.20. The fourth-order valence-electron chi connectivity index (χ4n) is 3.05. The number of rotatable bonds is 3. The fraction of sp³-hybridized carbons (Fsp3) is 0.333. The van der Waals surface area contributed by atoms with Crippen molar-refractivity contribution in [1.82, 2.24) is 4.90 Å². The maximum absolute atomic E-state index is 6.24. The van der Waals surface area contributed by atoms with E-state index >= 15 is 0 Å². The van der Waals surface area contributed by atoms with E-state index in [1.165, 1.54) is 26.7 Å². The van der Waals surface area contributed by atoms with E-state index in [4.69, 9.17) is 5.73 Å². The van der Waals surface area contributed by atoms with Crippen LogP contribution in [0.25, 0.3) is 0 Å². The molecule has 110 valence electrons. The van der Waals surface area contributed by atoms with Gasteiger partial charge in [0.05, 0.1) is 0 Å². The maximum atomic E-state index is 6.24.